The van der Waals surface area contributed by atoms with Crippen LogP contribution in [0.3, 0.4) is 0 Å². The quantitative estimate of drug-likeness (QED) is 0.473. The molecule has 0 aliphatic carbocycles. The van der Waals surface area contributed by atoms with Crippen LogP contribution < -0.4 is 0 Å². The first-order valence-electron chi connectivity index (χ1n) is 9.12. The average Bonchev–Trinajstić information content (AvgIpc) is 2.61. The number of pyridine rings is 1. The molecule has 0 saturated heterocycles. The number of aliphatic hydroxyl groups is 1. The van der Waals surface area contributed by atoms with Crippen LogP contribution in [0.1, 0.15) is 63.0 Å². The monoisotopic (exact) mass is 379 g/mol. The first-order chi connectivity index (χ1) is 12.0. The lowest BCUT2D eigenvalue weighted by Crippen LogP contribution is -2.29. The second-order valence-electron chi connectivity index (χ2n) is 6.70. The molecule has 0 spiro atoms. The van der Waals surface area contributed by atoms with Gasteiger partial charge in [-0.3, -0.25) is 4.98 Å². The third kappa shape index (κ3) is 6.29. The van der Waals surface area contributed by atoms with Crippen LogP contribution in [0.4, 0.5) is 0 Å². The van der Waals surface area contributed by atoms with Gasteiger partial charge in [0.25, 0.3) is 0 Å². The van der Waals surface area contributed by atoms with E-state index in [1.54, 1.807) is 18.5 Å². The Labute approximate surface area is 161 Å². The normalized spacial score (nSPS) is 13.6. The van der Waals surface area contributed by atoms with Crippen molar-refractivity contribution in [2.45, 2.75) is 63.9 Å². The van der Waals surface area contributed by atoms with Crippen molar-refractivity contribution in [1.82, 2.24) is 4.98 Å². The van der Waals surface area contributed by atoms with Gasteiger partial charge in [0.2, 0.25) is 0 Å². The van der Waals surface area contributed by atoms with Gasteiger partial charge in [-0.2, -0.15) is 0 Å². The molecule has 1 N–H and O–H groups in total. The van der Waals surface area contributed by atoms with E-state index in [4.69, 9.17) is 23.2 Å². The molecule has 2 aromatic rings. The third-order valence-electron chi connectivity index (χ3n) is 4.64. The van der Waals surface area contributed by atoms with Crippen molar-refractivity contribution in [1.29, 1.82) is 0 Å². The van der Waals surface area contributed by atoms with Gasteiger partial charge in [0.1, 0.15) is 0 Å². The minimum atomic E-state index is -0.962. The molecule has 2 nitrogen and oxygen atoms in total. The highest BCUT2D eigenvalue weighted by atomic mass is 35.5. The molecule has 0 saturated carbocycles. The summed E-state index contributed by atoms with van der Waals surface area (Å²) < 4.78 is 0. The van der Waals surface area contributed by atoms with Crippen molar-refractivity contribution < 1.29 is 5.11 Å². The third-order valence-corrected chi connectivity index (χ3v) is 5.23. The second-order valence-corrected chi connectivity index (χ2v) is 7.55. The first kappa shape index (κ1) is 20.2. The zero-order valence-electron chi connectivity index (χ0n) is 14.8. The van der Waals surface area contributed by atoms with Gasteiger partial charge in [-0.1, -0.05) is 80.8 Å². The molecule has 1 atom stereocenters. The van der Waals surface area contributed by atoms with Gasteiger partial charge in [0.05, 0.1) is 5.60 Å². The van der Waals surface area contributed by atoms with E-state index in [9.17, 15) is 5.11 Å². The molecule has 25 heavy (non-hydrogen) atoms. The van der Waals surface area contributed by atoms with Crippen LogP contribution in [0, 0.1) is 0 Å². The summed E-state index contributed by atoms with van der Waals surface area (Å²) in [6, 6.07) is 9.25. The fraction of sp³-hybridized carbons (Fsp3) is 0.476. The summed E-state index contributed by atoms with van der Waals surface area (Å²) in [6.45, 7) is 2.22. The Bertz CT molecular complexity index is 648. The Morgan fingerprint density at radius 2 is 1.80 bits per heavy atom. The first-order valence-corrected chi connectivity index (χ1v) is 9.87. The van der Waals surface area contributed by atoms with Gasteiger partial charge in [-0.05, 0) is 30.2 Å². The predicted octanol–water partition coefficient (Wildman–Crippen LogP) is 6.57. The summed E-state index contributed by atoms with van der Waals surface area (Å²) in [6.07, 6.45) is 11.8. The number of rotatable bonds is 10. The van der Waals surface area contributed by atoms with Crippen LogP contribution in [-0.4, -0.2) is 10.1 Å². The number of benzene rings is 1. The Kier molecular flexibility index (Phi) is 8.21. The van der Waals surface area contributed by atoms with E-state index < -0.39 is 5.60 Å². The SMILES string of the molecule is CCCCCCCCC(O)(Cc1ccc(Cl)cc1Cl)c1cccnc1. The lowest BCUT2D eigenvalue weighted by Gasteiger charge is -2.29. The van der Waals surface area contributed by atoms with Gasteiger partial charge < -0.3 is 5.11 Å². The number of halogens is 2. The summed E-state index contributed by atoms with van der Waals surface area (Å²) >= 11 is 12.3. The molecule has 0 aliphatic rings. The fourth-order valence-electron chi connectivity index (χ4n) is 3.15. The highest BCUT2D eigenvalue weighted by molar-refractivity contribution is 6.35. The Morgan fingerprint density at radius 3 is 2.48 bits per heavy atom. The number of aromatic nitrogens is 1. The average molecular weight is 380 g/mol. The highest BCUT2D eigenvalue weighted by Gasteiger charge is 2.30. The van der Waals surface area contributed by atoms with E-state index in [1.807, 2.05) is 24.3 Å². The van der Waals surface area contributed by atoms with Crippen molar-refractivity contribution in [2.24, 2.45) is 0 Å². The number of hydrogen-bond donors (Lipinski definition) is 1. The molecule has 136 valence electrons. The van der Waals surface area contributed by atoms with Crippen LogP contribution in [0.15, 0.2) is 42.7 Å². The van der Waals surface area contributed by atoms with Crippen LogP contribution in [0.25, 0.3) is 0 Å². The van der Waals surface area contributed by atoms with Crippen LogP contribution in [0.2, 0.25) is 10.0 Å². The zero-order chi connectivity index (χ0) is 18.1. The minimum Gasteiger partial charge on any atom is -0.385 e. The minimum absolute atomic E-state index is 0.462. The van der Waals surface area contributed by atoms with Gasteiger partial charge >= 0.3 is 0 Å². The molecule has 4 heteroatoms. The molecular formula is C21H27Cl2NO. The van der Waals surface area contributed by atoms with Crippen LogP contribution in [0.5, 0.6) is 0 Å². The molecule has 2 rings (SSSR count). The van der Waals surface area contributed by atoms with Crippen molar-refractivity contribution >= 4 is 23.2 Å². The number of hydrogen-bond acceptors (Lipinski definition) is 2. The van der Waals surface area contributed by atoms with E-state index in [0.717, 1.165) is 24.0 Å². The summed E-state index contributed by atoms with van der Waals surface area (Å²) in [7, 11) is 0. The van der Waals surface area contributed by atoms with E-state index in [-0.39, 0.29) is 0 Å². The van der Waals surface area contributed by atoms with Gasteiger partial charge in [0.15, 0.2) is 0 Å². The van der Waals surface area contributed by atoms with Gasteiger partial charge in [-0.15, -0.1) is 0 Å². The Hall–Kier alpha value is -1.09. The van der Waals surface area contributed by atoms with Gasteiger partial charge in [0, 0.05) is 34.4 Å². The summed E-state index contributed by atoms with van der Waals surface area (Å²) in [5.74, 6) is 0. The molecule has 0 fully saturated rings. The molecular weight excluding hydrogens is 353 g/mol. The van der Waals surface area contributed by atoms with Crippen molar-refractivity contribution in [3.63, 3.8) is 0 Å². The Morgan fingerprint density at radius 1 is 1.04 bits per heavy atom. The van der Waals surface area contributed by atoms with Crippen molar-refractivity contribution in [3.8, 4) is 0 Å². The topological polar surface area (TPSA) is 33.1 Å². The van der Waals surface area contributed by atoms with Crippen LogP contribution >= 0.6 is 23.2 Å². The smallest absolute Gasteiger partial charge is 0.0952 e. The maximum absolute atomic E-state index is 11.4. The number of nitrogens with zero attached hydrogens (tertiary/aromatic N) is 1. The van der Waals surface area contributed by atoms with E-state index in [2.05, 4.69) is 11.9 Å². The van der Waals surface area contributed by atoms with E-state index in [1.165, 1.54) is 25.7 Å². The lowest BCUT2D eigenvalue weighted by molar-refractivity contribution is 0.0246. The molecule has 0 aliphatic heterocycles. The maximum atomic E-state index is 11.4. The molecule has 0 amide bonds. The Balaban J connectivity index is 2.09. The summed E-state index contributed by atoms with van der Waals surface area (Å²) in [4.78, 5) is 4.18. The maximum Gasteiger partial charge on any atom is 0.0952 e. The van der Waals surface area contributed by atoms with Crippen molar-refractivity contribution in [2.75, 3.05) is 0 Å². The van der Waals surface area contributed by atoms with Crippen molar-refractivity contribution in [3.05, 3.63) is 63.9 Å². The molecule has 0 bridgehead atoms. The standard InChI is InChI=1S/C21H27Cl2NO/c1-2-3-4-5-6-7-12-21(25,18-9-8-13-24-16-18)15-17-10-11-19(22)14-20(17)23/h8-11,13-14,16,25H,2-7,12,15H2,1H3. The van der Waals surface area contributed by atoms with E-state index >= 15 is 0 Å². The van der Waals surface area contributed by atoms with Gasteiger partial charge in [-0.25, -0.2) is 0 Å². The lowest BCUT2D eigenvalue weighted by atomic mass is 9.83. The number of unbranched alkanes of at least 4 members (excludes halogenated alkanes) is 5. The molecule has 1 aromatic carbocycles. The largest absolute Gasteiger partial charge is 0.385 e. The summed E-state index contributed by atoms with van der Waals surface area (Å²) in [5.41, 5.74) is 0.786. The fourth-order valence-corrected chi connectivity index (χ4v) is 3.63. The van der Waals surface area contributed by atoms with E-state index in [0.29, 0.717) is 22.9 Å². The van der Waals surface area contributed by atoms with Crippen LogP contribution in [-0.2, 0) is 12.0 Å². The zero-order valence-corrected chi connectivity index (χ0v) is 16.4. The predicted molar refractivity (Wildman–Crippen MR) is 106 cm³/mol. The molecule has 1 unspecified atom stereocenters. The summed E-state index contributed by atoms with van der Waals surface area (Å²) in [5, 5.41) is 12.6. The molecule has 1 heterocycles. The molecule has 0 radical (unpaired) electrons. The second kappa shape index (κ2) is 10.2. The highest BCUT2D eigenvalue weighted by Crippen LogP contribution is 2.34. The molecule has 1 aromatic heterocycles.